The van der Waals surface area contributed by atoms with Crippen molar-refractivity contribution < 1.29 is 9.53 Å². The molecule has 2 atom stereocenters. The SMILES string of the molecule is COc1ccc(C2Nn3c(C)ccc3SC2C(=O)Nc2ccc(Br)c(C)c2)cc1. The molecule has 5 nitrogen and oxygen atoms in total. The van der Waals surface area contributed by atoms with E-state index in [2.05, 4.69) is 32.7 Å². The number of hydrogen-bond acceptors (Lipinski definition) is 4. The highest BCUT2D eigenvalue weighted by atomic mass is 79.9. The fourth-order valence-electron chi connectivity index (χ4n) is 3.38. The molecule has 1 aromatic heterocycles. The van der Waals surface area contributed by atoms with Gasteiger partial charge in [-0.05, 0) is 67.4 Å². The number of amides is 1. The van der Waals surface area contributed by atoms with Gasteiger partial charge in [0.25, 0.3) is 0 Å². The van der Waals surface area contributed by atoms with Crippen LogP contribution in [0.2, 0.25) is 0 Å². The van der Waals surface area contributed by atoms with Crippen molar-refractivity contribution in [3.8, 4) is 5.75 Å². The van der Waals surface area contributed by atoms with Crippen LogP contribution in [-0.4, -0.2) is 22.9 Å². The Balaban J connectivity index is 1.65. The van der Waals surface area contributed by atoms with Gasteiger partial charge in [-0.25, -0.2) is 0 Å². The molecule has 2 heterocycles. The molecule has 1 amide bonds. The number of hydrogen-bond donors (Lipinski definition) is 2. The Bertz CT molecular complexity index is 1050. The molecular formula is C22H22BrN3O2S. The molecule has 29 heavy (non-hydrogen) atoms. The maximum Gasteiger partial charge on any atom is 0.240 e. The lowest BCUT2D eigenvalue weighted by atomic mass is 10.0. The molecule has 1 aliphatic rings. The lowest BCUT2D eigenvalue weighted by molar-refractivity contribution is -0.116. The third-order valence-corrected chi connectivity index (χ3v) is 7.21. The predicted octanol–water partition coefficient (Wildman–Crippen LogP) is 5.27. The number of benzene rings is 2. The molecule has 0 saturated heterocycles. The maximum absolute atomic E-state index is 13.3. The van der Waals surface area contributed by atoms with Crippen molar-refractivity contribution in [3.05, 3.63) is 75.9 Å². The summed E-state index contributed by atoms with van der Waals surface area (Å²) in [6, 6.07) is 17.6. The van der Waals surface area contributed by atoms with Gasteiger partial charge in [-0.2, -0.15) is 0 Å². The Morgan fingerprint density at radius 1 is 1.14 bits per heavy atom. The first-order chi connectivity index (χ1) is 14.0. The van der Waals surface area contributed by atoms with E-state index in [0.29, 0.717) is 0 Å². The van der Waals surface area contributed by atoms with Crippen LogP contribution in [0, 0.1) is 13.8 Å². The van der Waals surface area contributed by atoms with E-state index in [1.165, 1.54) is 0 Å². The van der Waals surface area contributed by atoms with Crippen LogP contribution in [0.1, 0.15) is 22.9 Å². The molecule has 2 N–H and O–H groups in total. The number of thioether (sulfide) groups is 1. The van der Waals surface area contributed by atoms with Gasteiger partial charge in [-0.1, -0.05) is 39.8 Å². The number of nitrogens with zero attached hydrogens (tertiary/aromatic N) is 1. The Hall–Kier alpha value is -2.38. The number of fused-ring (bicyclic) bond motifs is 1. The van der Waals surface area contributed by atoms with Crippen molar-refractivity contribution in [2.24, 2.45) is 0 Å². The van der Waals surface area contributed by atoms with Crippen LogP contribution >= 0.6 is 27.7 Å². The minimum Gasteiger partial charge on any atom is -0.497 e. The van der Waals surface area contributed by atoms with Crippen LogP contribution in [0.4, 0.5) is 5.69 Å². The standard InChI is InChI=1S/C22H22BrN3O2S/c1-13-12-16(7-10-18(13)23)24-22(27)21-20(15-5-8-17(28-3)9-6-15)25-26-14(2)4-11-19(26)29-21/h4-12,20-21,25H,1-3H3,(H,24,27). The van der Waals surface area contributed by atoms with Crippen molar-refractivity contribution >= 4 is 39.3 Å². The summed E-state index contributed by atoms with van der Waals surface area (Å²) >= 11 is 5.08. The second-order valence-electron chi connectivity index (χ2n) is 7.02. The highest BCUT2D eigenvalue weighted by Crippen LogP contribution is 2.39. The summed E-state index contributed by atoms with van der Waals surface area (Å²) < 4.78 is 8.35. The lowest BCUT2D eigenvalue weighted by Gasteiger charge is -2.34. The Morgan fingerprint density at radius 2 is 1.90 bits per heavy atom. The topological polar surface area (TPSA) is 55.3 Å². The fraction of sp³-hybridized carbons (Fsp3) is 0.227. The Morgan fingerprint density at radius 3 is 2.59 bits per heavy atom. The van der Waals surface area contributed by atoms with Gasteiger partial charge in [0.1, 0.15) is 11.0 Å². The highest BCUT2D eigenvalue weighted by Gasteiger charge is 2.36. The third-order valence-electron chi connectivity index (χ3n) is 5.02. The summed E-state index contributed by atoms with van der Waals surface area (Å²) in [5.41, 5.74) is 7.53. The molecule has 3 aromatic rings. The third kappa shape index (κ3) is 4.02. The van der Waals surface area contributed by atoms with Crippen LogP contribution in [0.5, 0.6) is 5.75 Å². The molecule has 1 aliphatic heterocycles. The van der Waals surface area contributed by atoms with Crippen LogP contribution in [0.25, 0.3) is 0 Å². The monoisotopic (exact) mass is 471 g/mol. The molecule has 0 spiro atoms. The van der Waals surface area contributed by atoms with Crippen molar-refractivity contribution in [1.29, 1.82) is 0 Å². The molecular weight excluding hydrogens is 450 g/mol. The van der Waals surface area contributed by atoms with E-state index in [1.54, 1.807) is 18.9 Å². The van der Waals surface area contributed by atoms with Crippen LogP contribution < -0.4 is 15.5 Å². The maximum atomic E-state index is 13.3. The van der Waals surface area contributed by atoms with Crippen molar-refractivity contribution in [1.82, 2.24) is 4.68 Å². The molecule has 0 fully saturated rings. The number of methoxy groups -OCH3 is 1. The van der Waals surface area contributed by atoms with Crippen molar-refractivity contribution in [2.45, 2.75) is 30.2 Å². The zero-order chi connectivity index (χ0) is 20.5. The average molecular weight is 472 g/mol. The highest BCUT2D eigenvalue weighted by molar-refractivity contribution is 9.10. The van der Waals surface area contributed by atoms with Gasteiger partial charge < -0.3 is 15.5 Å². The minimum absolute atomic E-state index is 0.0323. The zero-order valence-corrected chi connectivity index (χ0v) is 18.8. The van der Waals surface area contributed by atoms with Crippen LogP contribution in [0.3, 0.4) is 0 Å². The molecule has 2 aromatic carbocycles. The number of aromatic nitrogens is 1. The van der Waals surface area contributed by atoms with Gasteiger partial charge in [-0.3, -0.25) is 9.47 Å². The second-order valence-corrected chi connectivity index (χ2v) is 9.04. The molecule has 150 valence electrons. The van der Waals surface area contributed by atoms with E-state index in [-0.39, 0.29) is 17.2 Å². The van der Waals surface area contributed by atoms with Crippen LogP contribution in [-0.2, 0) is 4.79 Å². The summed E-state index contributed by atoms with van der Waals surface area (Å²) in [6.45, 7) is 4.06. The van der Waals surface area contributed by atoms with Crippen LogP contribution in [0.15, 0.2) is 64.1 Å². The quantitative estimate of drug-likeness (QED) is 0.543. The van der Waals surface area contributed by atoms with Gasteiger partial charge in [-0.15, -0.1) is 0 Å². The predicted molar refractivity (Wildman–Crippen MR) is 121 cm³/mol. The largest absolute Gasteiger partial charge is 0.497 e. The van der Waals surface area contributed by atoms with Crippen molar-refractivity contribution in [2.75, 3.05) is 17.9 Å². The first-order valence-electron chi connectivity index (χ1n) is 9.29. The molecule has 2 unspecified atom stereocenters. The fourth-order valence-corrected chi connectivity index (χ4v) is 4.85. The summed E-state index contributed by atoms with van der Waals surface area (Å²) in [5.74, 6) is 0.761. The van der Waals surface area contributed by atoms with E-state index in [1.807, 2.05) is 67.1 Å². The number of aryl methyl sites for hydroxylation is 2. The molecule has 7 heteroatoms. The summed E-state index contributed by atoms with van der Waals surface area (Å²) in [4.78, 5) is 13.3. The number of rotatable bonds is 4. The van der Waals surface area contributed by atoms with E-state index < -0.39 is 0 Å². The number of anilines is 1. The van der Waals surface area contributed by atoms with E-state index in [9.17, 15) is 4.79 Å². The number of halogens is 1. The number of nitrogens with one attached hydrogen (secondary N) is 2. The van der Waals surface area contributed by atoms with Gasteiger partial charge in [0, 0.05) is 15.9 Å². The minimum atomic E-state index is -0.325. The van der Waals surface area contributed by atoms with Crippen molar-refractivity contribution in [3.63, 3.8) is 0 Å². The van der Waals surface area contributed by atoms with E-state index in [0.717, 1.165) is 37.8 Å². The van der Waals surface area contributed by atoms with Gasteiger partial charge in [0.05, 0.1) is 18.2 Å². The Kier molecular flexibility index (Phi) is 5.61. The van der Waals surface area contributed by atoms with E-state index >= 15 is 0 Å². The second kappa shape index (κ2) is 8.16. The van der Waals surface area contributed by atoms with Gasteiger partial charge in [0.15, 0.2) is 0 Å². The smallest absolute Gasteiger partial charge is 0.240 e. The summed E-state index contributed by atoms with van der Waals surface area (Å²) in [6.07, 6.45) is 0. The molecule has 0 radical (unpaired) electrons. The average Bonchev–Trinajstić information content (AvgIpc) is 3.10. The first-order valence-corrected chi connectivity index (χ1v) is 11.0. The molecule has 0 bridgehead atoms. The van der Waals surface area contributed by atoms with Gasteiger partial charge in [0.2, 0.25) is 5.91 Å². The zero-order valence-electron chi connectivity index (χ0n) is 16.4. The molecule has 4 rings (SSSR count). The Labute approximate surface area is 182 Å². The number of carbonyl (C=O) groups excluding carboxylic acids is 1. The van der Waals surface area contributed by atoms with E-state index in [4.69, 9.17) is 4.74 Å². The lowest BCUT2D eigenvalue weighted by Crippen LogP contribution is -2.41. The summed E-state index contributed by atoms with van der Waals surface area (Å²) in [7, 11) is 1.65. The first kappa shape index (κ1) is 19.9. The molecule has 0 saturated carbocycles. The normalized spacial score (nSPS) is 17.9. The summed E-state index contributed by atoms with van der Waals surface area (Å²) in [5, 5.41) is 3.79. The number of carbonyl (C=O) groups is 1. The molecule has 0 aliphatic carbocycles. The van der Waals surface area contributed by atoms with Gasteiger partial charge >= 0.3 is 0 Å². The number of ether oxygens (including phenoxy) is 1.